The van der Waals surface area contributed by atoms with Crippen molar-refractivity contribution in [2.45, 2.75) is 77.3 Å². The molecule has 0 spiro atoms. The Balaban J connectivity index is 2.00. The van der Waals surface area contributed by atoms with Gasteiger partial charge in [0.15, 0.2) is 0 Å². The lowest BCUT2D eigenvalue weighted by atomic mass is 9.85. The monoisotopic (exact) mass is 479 g/mol. The highest BCUT2D eigenvalue weighted by atomic mass is 32.2. The topological polar surface area (TPSA) is 119 Å². The fourth-order valence-corrected chi connectivity index (χ4v) is 4.27. The summed E-state index contributed by atoms with van der Waals surface area (Å²) in [5, 5.41) is 26.3. The Bertz CT molecular complexity index is 818. The van der Waals surface area contributed by atoms with Crippen molar-refractivity contribution in [1.29, 1.82) is 0 Å². The standard InChI is InChI=1S/C24H37N3O5S/c1-15(2)12-16(22(30)25-14-33-19-10-8-18(28)9-11-19)13-20(29)27(32)21(24(3,4)5)23(31)26-17-6-7-17/h8-11,15-17,21,28,32H,6-7,12-14H2,1-5H3,(H,25,30)(H,26,31)/t16-,21-/m1/s1. The molecule has 0 radical (unpaired) electrons. The maximum atomic E-state index is 12.9. The van der Waals surface area contributed by atoms with Crippen LogP contribution in [0.1, 0.15) is 60.3 Å². The van der Waals surface area contributed by atoms with Crippen molar-refractivity contribution >= 4 is 29.5 Å². The molecule has 9 heteroatoms. The SMILES string of the molecule is CC(C)C[C@H](CC(=O)N(O)[C@H](C(=O)NC1CC1)C(C)(C)C)C(=O)NCSc1ccc(O)cc1. The van der Waals surface area contributed by atoms with Gasteiger partial charge in [0.25, 0.3) is 0 Å². The summed E-state index contributed by atoms with van der Waals surface area (Å²) in [6.07, 6.45) is 2.10. The highest BCUT2D eigenvalue weighted by molar-refractivity contribution is 7.99. The number of nitrogens with one attached hydrogen (secondary N) is 2. The first-order chi connectivity index (χ1) is 15.4. The second-order valence-electron chi connectivity index (χ2n) is 10.1. The van der Waals surface area contributed by atoms with E-state index < -0.39 is 23.3 Å². The van der Waals surface area contributed by atoms with E-state index in [-0.39, 0.29) is 35.9 Å². The van der Waals surface area contributed by atoms with Crippen molar-refractivity contribution in [2.24, 2.45) is 17.3 Å². The molecule has 1 aliphatic rings. The van der Waals surface area contributed by atoms with Crippen LogP contribution >= 0.6 is 11.8 Å². The van der Waals surface area contributed by atoms with Gasteiger partial charge in [-0.25, -0.2) is 5.06 Å². The third-order valence-corrected chi connectivity index (χ3v) is 6.26. The van der Waals surface area contributed by atoms with Crippen molar-refractivity contribution in [3.05, 3.63) is 24.3 Å². The van der Waals surface area contributed by atoms with Gasteiger partial charge >= 0.3 is 0 Å². The number of carbonyl (C=O) groups is 3. The Labute approximate surface area is 200 Å². The van der Waals surface area contributed by atoms with Crippen LogP contribution in [-0.4, -0.2) is 51.1 Å². The third-order valence-electron chi connectivity index (χ3n) is 5.36. The van der Waals surface area contributed by atoms with Crippen molar-refractivity contribution < 1.29 is 24.7 Å². The number of aromatic hydroxyl groups is 1. The quantitative estimate of drug-likeness (QED) is 0.167. The van der Waals surface area contributed by atoms with Crippen LogP contribution in [0.4, 0.5) is 0 Å². The van der Waals surface area contributed by atoms with E-state index in [2.05, 4.69) is 10.6 Å². The number of hydrogen-bond acceptors (Lipinski definition) is 6. The highest BCUT2D eigenvalue weighted by Crippen LogP contribution is 2.28. The molecule has 1 saturated carbocycles. The predicted molar refractivity (Wildman–Crippen MR) is 128 cm³/mol. The molecule has 4 N–H and O–H groups in total. The van der Waals surface area contributed by atoms with E-state index in [4.69, 9.17) is 0 Å². The zero-order chi connectivity index (χ0) is 24.8. The first kappa shape index (κ1) is 27.0. The number of thioether (sulfide) groups is 1. The van der Waals surface area contributed by atoms with Crippen molar-refractivity contribution in [3.8, 4) is 5.75 Å². The van der Waals surface area contributed by atoms with Gasteiger partial charge in [-0.2, -0.15) is 0 Å². The number of hydrogen-bond donors (Lipinski definition) is 4. The Morgan fingerprint density at radius 3 is 2.24 bits per heavy atom. The van der Waals surface area contributed by atoms with E-state index in [9.17, 15) is 24.7 Å². The molecule has 33 heavy (non-hydrogen) atoms. The Morgan fingerprint density at radius 2 is 1.73 bits per heavy atom. The highest BCUT2D eigenvalue weighted by Gasteiger charge is 2.41. The number of hydroxylamine groups is 2. The van der Waals surface area contributed by atoms with Crippen molar-refractivity contribution in [3.63, 3.8) is 0 Å². The minimum Gasteiger partial charge on any atom is -0.508 e. The van der Waals surface area contributed by atoms with Crippen LogP contribution in [0, 0.1) is 17.3 Å². The van der Waals surface area contributed by atoms with E-state index in [0.29, 0.717) is 17.4 Å². The molecule has 0 saturated heterocycles. The summed E-state index contributed by atoms with van der Waals surface area (Å²) in [6.45, 7) is 9.31. The summed E-state index contributed by atoms with van der Waals surface area (Å²) < 4.78 is 0. The smallest absolute Gasteiger partial charge is 0.247 e. The van der Waals surface area contributed by atoms with Crippen LogP contribution in [0.25, 0.3) is 0 Å². The molecule has 1 aromatic rings. The minimum absolute atomic E-state index is 0.108. The van der Waals surface area contributed by atoms with Gasteiger partial charge in [-0.05, 0) is 54.9 Å². The van der Waals surface area contributed by atoms with Crippen molar-refractivity contribution in [2.75, 3.05) is 5.88 Å². The van der Waals surface area contributed by atoms with E-state index in [1.54, 1.807) is 45.0 Å². The second kappa shape index (κ2) is 11.7. The molecular weight excluding hydrogens is 442 g/mol. The van der Waals surface area contributed by atoms with Crippen LogP contribution in [0.2, 0.25) is 0 Å². The number of benzene rings is 1. The van der Waals surface area contributed by atoms with Gasteiger partial charge in [-0.3, -0.25) is 19.6 Å². The zero-order valence-corrected chi connectivity index (χ0v) is 20.9. The number of phenolic OH excluding ortho intramolecular Hbond substituents is 1. The molecule has 8 nitrogen and oxygen atoms in total. The lowest BCUT2D eigenvalue weighted by Crippen LogP contribution is -2.55. The molecule has 0 unspecified atom stereocenters. The summed E-state index contributed by atoms with van der Waals surface area (Å²) in [7, 11) is 0. The Kier molecular flexibility index (Phi) is 9.60. The van der Waals surface area contributed by atoms with Gasteiger partial charge in [0.1, 0.15) is 11.8 Å². The third kappa shape index (κ3) is 8.89. The fourth-order valence-electron chi connectivity index (χ4n) is 3.56. The first-order valence-corrected chi connectivity index (χ1v) is 12.4. The van der Waals surface area contributed by atoms with E-state index in [1.165, 1.54) is 11.8 Å². The summed E-state index contributed by atoms with van der Waals surface area (Å²) in [5.41, 5.74) is -0.681. The average molecular weight is 480 g/mol. The molecule has 3 amide bonds. The van der Waals surface area contributed by atoms with Crippen LogP contribution in [0.3, 0.4) is 0 Å². The van der Waals surface area contributed by atoms with Gasteiger partial charge < -0.3 is 15.7 Å². The van der Waals surface area contributed by atoms with Gasteiger partial charge in [0.2, 0.25) is 17.7 Å². The van der Waals surface area contributed by atoms with Gasteiger partial charge in [-0.1, -0.05) is 34.6 Å². The van der Waals surface area contributed by atoms with Crippen LogP contribution in [0.5, 0.6) is 5.75 Å². The molecule has 2 rings (SSSR count). The van der Waals surface area contributed by atoms with Gasteiger partial charge in [0.05, 0.1) is 5.88 Å². The first-order valence-electron chi connectivity index (χ1n) is 11.4. The minimum atomic E-state index is -1.04. The van der Waals surface area contributed by atoms with Crippen LogP contribution < -0.4 is 10.6 Å². The summed E-state index contributed by atoms with van der Waals surface area (Å²) in [4.78, 5) is 39.4. The molecule has 184 valence electrons. The number of phenols is 1. The summed E-state index contributed by atoms with van der Waals surface area (Å²) in [5.74, 6) is -1.27. The maximum absolute atomic E-state index is 12.9. The van der Waals surface area contributed by atoms with Gasteiger partial charge in [0, 0.05) is 23.3 Å². The number of rotatable bonds is 11. The molecule has 0 heterocycles. The number of carbonyl (C=O) groups excluding carboxylic acids is 3. The average Bonchev–Trinajstić information content (AvgIpc) is 3.51. The van der Waals surface area contributed by atoms with E-state index in [0.717, 1.165) is 17.7 Å². The van der Waals surface area contributed by atoms with Crippen LogP contribution in [-0.2, 0) is 14.4 Å². The fraction of sp³-hybridized carbons (Fsp3) is 0.625. The molecule has 2 atom stereocenters. The largest absolute Gasteiger partial charge is 0.508 e. The van der Waals surface area contributed by atoms with Gasteiger partial charge in [-0.15, -0.1) is 11.8 Å². The lowest BCUT2D eigenvalue weighted by Gasteiger charge is -2.35. The molecule has 1 fully saturated rings. The summed E-state index contributed by atoms with van der Waals surface area (Å²) in [6, 6.07) is 5.72. The molecule has 0 bridgehead atoms. The molecule has 1 aliphatic carbocycles. The normalized spacial score (nSPS) is 15.6. The zero-order valence-electron chi connectivity index (χ0n) is 20.1. The summed E-state index contributed by atoms with van der Waals surface area (Å²) >= 11 is 1.40. The molecule has 1 aromatic carbocycles. The molecular formula is C24H37N3O5S. The molecule has 0 aliphatic heterocycles. The Hall–Kier alpha value is -2.26. The predicted octanol–water partition coefficient (Wildman–Crippen LogP) is 3.52. The van der Waals surface area contributed by atoms with Crippen LogP contribution in [0.15, 0.2) is 29.2 Å². The maximum Gasteiger partial charge on any atom is 0.247 e. The molecule has 0 aromatic heterocycles. The van der Waals surface area contributed by atoms with E-state index >= 15 is 0 Å². The lowest BCUT2D eigenvalue weighted by molar-refractivity contribution is -0.190. The van der Waals surface area contributed by atoms with Crippen molar-refractivity contribution in [1.82, 2.24) is 15.7 Å². The second-order valence-corrected chi connectivity index (χ2v) is 11.2. The number of nitrogens with zero attached hydrogens (tertiary/aromatic N) is 1. The number of amides is 3. The Morgan fingerprint density at radius 1 is 1.12 bits per heavy atom. The van der Waals surface area contributed by atoms with E-state index in [1.807, 2.05) is 13.8 Å².